The van der Waals surface area contributed by atoms with Crippen LogP contribution in [0.25, 0.3) is 0 Å². The van der Waals surface area contributed by atoms with Gasteiger partial charge in [-0.2, -0.15) is 4.98 Å². The Hall–Kier alpha value is -2.39. The summed E-state index contributed by atoms with van der Waals surface area (Å²) in [6.45, 7) is 2.74. The molecular formula is C17H19F2N5O2. The van der Waals surface area contributed by atoms with Gasteiger partial charge in [0.25, 0.3) is 0 Å². The molecule has 2 aliphatic heterocycles. The molecule has 3 heterocycles. The first-order valence-electron chi connectivity index (χ1n) is 8.53. The van der Waals surface area contributed by atoms with Crippen molar-refractivity contribution in [2.75, 3.05) is 38.1 Å². The minimum Gasteiger partial charge on any atom is -0.339 e. The number of carbonyl (C=O) groups excluding carboxylic acids is 1. The molecule has 4 rings (SSSR count). The lowest BCUT2D eigenvalue weighted by molar-refractivity contribution is -0.117. The fraction of sp³-hybridized carbons (Fsp3) is 0.471. The molecule has 0 bridgehead atoms. The van der Waals surface area contributed by atoms with Gasteiger partial charge in [0.15, 0.2) is 5.82 Å². The predicted molar refractivity (Wildman–Crippen MR) is 88.6 cm³/mol. The number of piperazine rings is 1. The second-order valence-electron chi connectivity index (χ2n) is 6.69. The van der Waals surface area contributed by atoms with Gasteiger partial charge in [-0.15, -0.1) is 0 Å². The van der Waals surface area contributed by atoms with E-state index in [1.807, 2.05) is 7.05 Å². The quantitative estimate of drug-likeness (QED) is 0.890. The maximum atomic E-state index is 14.0. The summed E-state index contributed by atoms with van der Waals surface area (Å²) >= 11 is 0. The fourth-order valence-electron chi connectivity index (χ4n) is 3.45. The van der Waals surface area contributed by atoms with Crippen LogP contribution in [-0.2, 0) is 4.79 Å². The number of hydrogen-bond donors (Lipinski definition) is 1. The zero-order chi connectivity index (χ0) is 18.3. The Balaban J connectivity index is 1.52. The van der Waals surface area contributed by atoms with Gasteiger partial charge in [0.1, 0.15) is 11.6 Å². The fourth-order valence-corrected chi connectivity index (χ4v) is 3.45. The van der Waals surface area contributed by atoms with E-state index < -0.39 is 11.6 Å². The molecule has 1 aromatic heterocycles. The highest BCUT2D eigenvalue weighted by Crippen LogP contribution is 2.33. The molecule has 0 spiro atoms. The number of benzene rings is 1. The summed E-state index contributed by atoms with van der Waals surface area (Å²) in [4.78, 5) is 20.2. The lowest BCUT2D eigenvalue weighted by atomic mass is 10.1. The largest absolute Gasteiger partial charge is 0.339 e. The first-order chi connectivity index (χ1) is 12.5. The summed E-state index contributed by atoms with van der Waals surface area (Å²) in [6.07, 6.45) is 0.150. The minimum atomic E-state index is -0.764. The predicted octanol–water partition coefficient (Wildman–Crippen LogP) is 1.44. The van der Waals surface area contributed by atoms with Crippen molar-refractivity contribution in [2.45, 2.75) is 18.4 Å². The highest BCUT2D eigenvalue weighted by atomic mass is 19.1. The van der Waals surface area contributed by atoms with Crippen molar-refractivity contribution in [3.05, 3.63) is 41.5 Å². The number of hydrogen-bond acceptors (Lipinski definition) is 6. The van der Waals surface area contributed by atoms with Crippen molar-refractivity contribution >= 4 is 11.6 Å². The van der Waals surface area contributed by atoms with Gasteiger partial charge in [-0.05, 0) is 19.2 Å². The van der Waals surface area contributed by atoms with E-state index in [0.717, 1.165) is 31.8 Å². The Morgan fingerprint density at radius 1 is 1.35 bits per heavy atom. The SMILES string of the molecule is CN1CCNCC1c1noc(C2CC(=O)N(c3ccc(F)cc3F)C2)n1. The zero-order valence-electron chi connectivity index (χ0n) is 14.3. The van der Waals surface area contributed by atoms with Gasteiger partial charge in [0, 0.05) is 38.7 Å². The van der Waals surface area contributed by atoms with Gasteiger partial charge >= 0.3 is 0 Å². The Kier molecular flexibility index (Phi) is 4.41. The van der Waals surface area contributed by atoms with Crippen molar-refractivity contribution in [3.8, 4) is 0 Å². The van der Waals surface area contributed by atoms with Gasteiger partial charge in [0.2, 0.25) is 11.8 Å². The van der Waals surface area contributed by atoms with Crippen LogP contribution in [0.15, 0.2) is 22.7 Å². The van der Waals surface area contributed by atoms with Crippen molar-refractivity contribution < 1.29 is 18.1 Å². The average molecular weight is 363 g/mol. The van der Waals surface area contributed by atoms with Crippen LogP contribution in [0.1, 0.15) is 30.1 Å². The smallest absolute Gasteiger partial charge is 0.232 e. The van der Waals surface area contributed by atoms with Gasteiger partial charge in [-0.3, -0.25) is 9.69 Å². The number of halogens is 2. The lowest BCUT2D eigenvalue weighted by Crippen LogP contribution is -2.44. The number of nitrogens with one attached hydrogen (secondary N) is 1. The van der Waals surface area contributed by atoms with E-state index in [0.29, 0.717) is 11.7 Å². The van der Waals surface area contributed by atoms with Crippen molar-refractivity contribution in [2.24, 2.45) is 0 Å². The Labute approximate surface area is 149 Å². The normalized spacial score (nSPS) is 24.4. The third kappa shape index (κ3) is 3.08. The summed E-state index contributed by atoms with van der Waals surface area (Å²) < 4.78 is 32.5. The molecule has 2 fully saturated rings. The molecular weight excluding hydrogens is 344 g/mol. The monoisotopic (exact) mass is 363 g/mol. The summed E-state index contributed by atoms with van der Waals surface area (Å²) in [6, 6.07) is 3.19. The molecule has 1 N–H and O–H groups in total. The van der Waals surface area contributed by atoms with E-state index in [4.69, 9.17) is 4.52 Å². The second kappa shape index (κ2) is 6.73. The van der Waals surface area contributed by atoms with Crippen molar-refractivity contribution in [1.29, 1.82) is 0 Å². The molecule has 0 aliphatic carbocycles. The molecule has 9 heteroatoms. The first kappa shape index (κ1) is 17.0. The molecule has 0 saturated carbocycles. The number of rotatable bonds is 3. The molecule has 1 aromatic carbocycles. The van der Waals surface area contributed by atoms with Crippen molar-refractivity contribution in [1.82, 2.24) is 20.4 Å². The maximum absolute atomic E-state index is 14.0. The first-order valence-corrected chi connectivity index (χ1v) is 8.53. The van der Waals surface area contributed by atoms with Crippen LogP contribution < -0.4 is 10.2 Å². The number of anilines is 1. The molecule has 0 radical (unpaired) electrons. The summed E-state index contributed by atoms with van der Waals surface area (Å²) in [7, 11) is 2.00. The molecule has 2 aliphatic rings. The topological polar surface area (TPSA) is 74.5 Å². The third-order valence-electron chi connectivity index (χ3n) is 4.94. The second-order valence-corrected chi connectivity index (χ2v) is 6.69. The molecule has 2 aromatic rings. The lowest BCUT2D eigenvalue weighted by Gasteiger charge is -2.30. The molecule has 138 valence electrons. The highest BCUT2D eigenvalue weighted by Gasteiger charge is 2.37. The van der Waals surface area contributed by atoms with Crippen molar-refractivity contribution in [3.63, 3.8) is 0 Å². The van der Waals surface area contributed by atoms with E-state index in [1.54, 1.807) is 0 Å². The molecule has 7 nitrogen and oxygen atoms in total. The van der Waals surface area contributed by atoms with Crippen LogP contribution in [0.2, 0.25) is 0 Å². The number of aromatic nitrogens is 2. The standard InChI is InChI=1S/C17H19F2N5O2/c1-23-5-4-20-8-14(23)16-21-17(26-22-16)10-6-15(25)24(9-10)13-3-2-11(18)7-12(13)19/h2-3,7,10,14,20H,4-6,8-9H2,1H3. The number of likely N-dealkylation sites (N-methyl/N-ethyl adjacent to an activating group) is 1. The van der Waals surface area contributed by atoms with E-state index in [9.17, 15) is 13.6 Å². The van der Waals surface area contributed by atoms with Crippen LogP contribution in [0, 0.1) is 11.6 Å². The van der Waals surface area contributed by atoms with Crippen LogP contribution in [0.3, 0.4) is 0 Å². The van der Waals surface area contributed by atoms with Crippen LogP contribution in [0.4, 0.5) is 14.5 Å². The third-order valence-corrected chi connectivity index (χ3v) is 4.94. The average Bonchev–Trinajstić information content (AvgIpc) is 3.22. The number of nitrogens with zero attached hydrogens (tertiary/aromatic N) is 4. The number of amides is 1. The van der Waals surface area contributed by atoms with Crippen LogP contribution in [-0.4, -0.2) is 54.2 Å². The molecule has 1 amide bonds. The van der Waals surface area contributed by atoms with Gasteiger partial charge in [0.05, 0.1) is 17.6 Å². The minimum absolute atomic E-state index is 0.0176. The Morgan fingerprint density at radius 2 is 2.19 bits per heavy atom. The van der Waals surface area contributed by atoms with E-state index in [2.05, 4.69) is 20.4 Å². The van der Waals surface area contributed by atoms with Gasteiger partial charge in [-0.25, -0.2) is 8.78 Å². The summed E-state index contributed by atoms with van der Waals surface area (Å²) in [5.41, 5.74) is 0.0647. The molecule has 26 heavy (non-hydrogen) atoms. The van der Waals surface area contributed by atoms with E-state index in [-0.39, 0.29) is 36.5 Å². The molecule has 2 unspecified atom stereocenters. The Morgan fingerprint density at radius 3 is 2.96 bits per heavy atom. The van der Waals surface area contributed by atoms with E-state index >= 15 is 0 Å². The molecule has 2 atom stereocenters. The van der Waals surface area contributed by atoms with Gasteiger partial charge < -0.3 is 14.7 Å². The summed E-state index contributed by atoms with van der Waals surface area (Å²) in [5, 5.41) is 7.36. The summed E-state index contributed by atoms with van der Waals surface area (Å²) in [5.74, 6) is -1.06. The molecule has 2 saturated heterocycles. The highest BCUT2D eigenvalue weighted by molar-refractivity contribution is 5.96. The van der Waals surface area contributed by atoms with Crippen LogP contribution >= 0.6 is 0 Å². The maximum Gasteiger partial charge on any atom is 0.232 e. The number of carbonyl (C=O) groups is 1. The zero-order valence-corrected chi connectivity index (χ0v) is 14.3. The Bertz CT molecular complexity index is 827. The van der Waals surface area contributed by atoms with E-state index in [1.165, 1.54) is 11.0 Å². The van der Waals surface area contributed by atoms with Crippen LogP contribution in [0.5, 0.6) is 0 Å². The van der Waals surface area contributed by atoms with Gasteiger partial charge in [-0.1, -0.05) is 5.16 Å².